The highest BCUT2D eigenvalue weighted by Gasteiger charge is 2.20. The van der Waals surface area contributed by atoms with Crippen molar-refractivity contribution in [1.82, 2.24) is 9.80 Å². The molecule has 0 aliphatic carbocycles. The Morgan fingerprint density at radius 2 is 1.74 bits per heavy atom. The second kappa shape index (κ2) is 9.51. The summed E-state index contributed by atoms with van der Waals surface area (Å²) in [5, 5.41) is 0. The maximum atomic E-state index is 13.7. The summed E-state index contributed by atoms with van der Waals surface area (Å²) in [6, 6.07) is 15.4. The van der Waals surface area contributed by atoms with E-state index in [4.69, 9.17) is 4.74 Å². The minimum Gasteiger partial charge on any atom is -0.494 e. The van der Waals surface area contributed by atoms with Gasteiger partial charge in [-0.05, 0) is 36.1 Å². The van der Waals surface area contributed by atoms with Crippen molar-refractivity contribution >= 4 is 5.91 Å². The summed E-state index contributed by atoms with van der Waals surface area (Å²) in [4.78, 5) is 16.8. The number of halogens is 1. The van der Waals surface area contributed by atoms with Crippen LogP contribution >= 0.6 is 0 Å². The Kier molecular flexibility index (Phi) is 6.82. The third kappa shape index (κ3) is 5.54. The van der Waals surface area contributed by atoms with Crippen molar-refractivity contribution < 1.29 is 13.9 Å². The summed E-state index contributed by atoms with van der Waals surface area (Å²) in [6.45, 7) is 4.39. The summed E-state index contributed by atoms with van der Waals surface area (Å²) in [5.74, 6) is 0.000108. The van der Waals surface area contributed by atoms with Gasteiger partial charge in [0.05, 0.1) is 7.11 Å². The fraction of sp³-hybridized carbons (Fsp3) is 0.409. The molecule has 1 saturated heterocycles. The van der Waals surface area contributed by atoms with E-state index in [-0.39, 0.29) is 17.5 Å². The SMILES string of the molecule is COc1ccc(CCC(=O)N2CCN(CCc3ccccc3)CC2)cc1F. The second-order valence-electron chi connectivity index (χ2n) is 6.93. The average Bonchev–Trinajstić information content (AvgIpc) is 2.72. The number of methoxy groups -OCH3 is 1. The molecule has 144 valence electrons. The van der Waals surface area contributed by atoms with Gasteiger partial charge >= 0.3 is 0 Å². The summed E-state index contributed by atoms with van der Waals surface area (Å²) >= 11 is 0. The molecule has 0 radical (unpaired) electrons. The maximum absolute atomic E-state index is 13.7. The molecule has 1 heterocycles. The summed E-state index contributed by atoms with van der Waals surface area (Å²) in [5.41, 5.74) is 2.17. The lowest BCUT2D eigenvalue weighted by Crippen LogP contribution is -2.49. The van der Waals surface area contributed by atoms with Crippen LogP contribution in [0.4, 0.5) is 4.39 Å². The number of aryl methyl sites for hydroxylation is 1. The molecule has 1 aliphatic heterocycles. The van der Waals surface area contributed by atoms with E-state index in [1.807, 2.05) is 17.0 Å². The zero-order valence-electron chi connectivity index (χ0n) is 15.9. The highest BCUT2D eigenvalue weighted by molar-refractivity contribution is 5.76. The van der Waals surface area contributed by atoms with Gasteiger partial charge in [-0.15, -0.1) is 0 Å². The van der Waals surface area contributed by atoms with E-state index >= 15 is 0 Å². The second-order valence-corrected chi connectivity index (χ2v) is 6.93. The van der Waals surface area contributed by atoms with Gasteiger partial charge in [0.25, 0.3) is 0 Å². The molecule has 2 aromatic rings. The highest BCUT2D eigenvalue weighted by atomic mass is 19.1. The van der Waals surface area contributed by atoms with E-state index in [0.717, 1.165) is 44.7 Å². The lowest BCUT2D eigenvalue weighted by molar-refractivity contribution is -0.132. The van der Waals surface area contributed by atoms with E-state index in [1.54, 1.807) is 6.07 Å². The van der Waals surface area contributed by atoms with Gasteiger partial charge in [-0.2, -0.15) is 0 Å². The number of nitrogens with zero attached hydrogens (tertiary/aromatic N) is 2. The lowest BCUT2D eigenvalue weighted by Gasteiger charge is -2.34. The molecular formula is C22H27FN2O2. The van der Waals surface area contributed by atoms with Crippen molar-refractivity contribution in [2.75, 3.05) is 39.8 Å². The van der Waals surface area contributed by atoms with Gasteiger partial charge in [0, 0.05) is 39.1 Å². The molecule has 0 bridgehead atoms. The van der Waals surface area contributed by atoms with E-state index in [0.29, 0.717) is 12.8 Å². The van der Waals surface area contributed by atoms with Crippen LogP contribution in [-0.4, -0.2) is 55.5 Å². The molecule has 0 atom stereocenters. The molecule has 5 heteroatoms. The molecule has 0 spiro atoms. The fourth-order valence-corrected chi connectivity index (χ4v) is 3.43. The normalized spacial score (nSPS) is 15.0. The van der Waals surface area contributed by atoms with E-state index in [9.17, 15) is 9.18 Å². The van der Waals surface area contributed by atoms with Gasteiger partial charge < -0.3 is 9.64 Å². The van der Waals surface area contributed by atoms with Gasteiger partial charge in [-0.25, -0.2) is 4.39 Å². The first kappa shape index (κ1) is 19.4. The van der Waals surface area contributed by atoms with Crippen molar-refractivity contribution in [2.24, 2.45) is 0 Å². The van der Waals surface area contributed by atoms with Gasteiger partial charge in [0.2, 0.25) is 5.91 Å². The van der Waals surface area contributed by atoms with Crippen LogP contribution in [0, 0.1) is 5.82 Å². The van der Waals surface area contributed by atoms with Gasteiger partial charge in [0.15, 0.2) is 11.6 Å². The zero-order chi connectivity index (χ0) is 19.1. The fourth-order valence-electron chi connectivity index (χ4n) is 3.43. The van der Waals surface area contributed by atoms with Crippen molar-refractivity contribution in [3.05, 3.63) is 65.5 Å². The standard InChI is InChI=1S/C22H27FN2O2/c1-27-21-9-7-19(17-20(21)23)8-10-22(26)25-15-13-24(14-16-25)12-11-18-5-3-2-4-6-18/h2-7,9,17H,8,10-16H2,1H3. The third-order valence-corrected chi connectivity index (χ3v) is 5.13. The number of carbonyl (C=O) groups excluding carboxylic acids is 1. The minimum absolute atomic E-state index is 0.147. The van der Waals surface area contributed by atoms with Crippen LogP contribution < -0.4 is 4.74 Å². The van der Waals surface area contributed by atoms with Gasteiger partial charge in [0.1, 0.15) is 0 Å². The first-order chi connectivity index (χ1) is 13.2. The number of amides is 1. The van der Waals surface area contributed by atoms with Crippen molar-refractivity contribution in [3.63, 3.8) is 0 Å². The van der Waals surface area contributed by atoms with Crippen LogP contribution in [0.2, 0.25) is 0 Å². The molecule has 27 heavy (non-hydrogen) atoms. The topological polar surface area (TPSA) is 32.8 Å². The molecular weight excluding hydrogens is 343 g/mol. The molecule has 1 fully saturated rings. The quantitative estimate of drug-likeness (QED) is 0.751. The van der Waals surface area contributed by atoms with Crippen LogP contribution in [0.5, 0.6) is 5.75 Å². The predicted molar refractivity (Wildman–Crippen MR) is 104 cm³/mol. The Labute approximate surface area is 160 Å². The Hall–Kier alpha value is -2.40. The molecule has 1 amide bonds. The van der Waals surface area contributed by atoms with E-state index in [2.05, 4.69) is 29.2 Å². The number of benzene rings is 2. The minimum atomic E-state index is -0.380. The van der Waals surface area contributed by atoms with Crippen LogP contribution in [0.25, 0.3) is 0 Å². The lowest BCUT2D eigenvalue weighted by atomic mass is 10.1. The number of hydrogen-bond donors (Lipinski definition) is 0. The van der Waals surface area contributed by atoms with Crippen LogP contribution in [0.1, 0.15) is 17.5 Å². The maximum Gasteiger partial charge on any atom is 0.222 e. The Morgan fingerprint density at radius 1 is 1.00 bits per heavy atom. The average molecular weight is 370 g/mol. The van der Waals surface area contributed by atoms with Crippen LogP contribution in [-0.2, 0) is 17.6 Å². The summed E-state index contributed by atoms with van der Waals surface area (Å²) in [6.07, 6.45) is 2.00. The van der Waals surface area contributed by atoms with E-state index in [1.165, 1.54) is 18.7 Å². The number of hydrogen-bond acceptors (Lipinski definition) is 3. The van der Waals surface area contributed by atoms with Crippen LogP contribution in [0.15, 0.2) is 48.5 Å². The number of carbonyl (C=O) groups is 1. The Morgan fingerprint density at radius 3 is 2.41 bits per heavy atom. The molecule has 4 nitrogen and oxygen atoms in total. The molecule has 0 unspecified atom stereocenters. The number of rotatable bonds is 7. The molecule has 1 aliphatic rings. The highest BCUT2D eigenvalue weighted by Crippen LogP contribution is 2.19. The smallest absolute Gasteiger partial charge is 0.222 e. The zero-order valence-corrected chi connectivity index (χ0v) is 15.9. The molecule has 0 saturated carbocycles. The predicted octanol–water partition coefficient (Wildman–Crippen LogP) is 3.15. The Balaban J connectivity index is 1.40. The first-order valence-electron chi connectivity index (χ1n) is 9.52. The van der Waals surface area contributed by atoms with Crippen LogP contribution in [0.3, 0.4) is 0 Å². The van der Waals surface area contributed by atoms with E-state index < -0.39 is 0 Å². The Bertz CT molecular complexity index is 743. The first-order valence-corrected chi connectivity index (χ1v) is 9.52. The summed E-state index contributed by atoms with van der Waals surface area (Å²) < 4.78 is 18.7. The summed E-state index contributed by atoms with van der Waals surface area (Å²) in [7, 11) is 1.45. The van der Waals surface area contributed by atoms with Crippen molar-refractivity contribution in [2.45, 2.75) is 19.3 Å². The van der Waals surface area contributed by atoms with Crippen molar-refractivity contribution in [3.8, 4) is 5.75 Å². The van der Waals surface area contributed by atoms with Gasteiger partial charge in [-0.1, -0.05) is 36.4 Å². The molecule has 3 rings (SSSR count). The van der Waals surface area contributed by atoms with Gasteiger partial charge in [-0.3, -0.25) is 9.69 Å². The largest absolute Gasteiger partial charge is 0.494 e. The molecule has 0 aromatic heterocycles. The number of ether oxygens (including phenoxy) is 1. The molecule has 2 aromatic carbocycles. The molecule has 0 N–H and O–H groups in total. The number of piperazine rings is 1. The third-order valence-electron chi connectivity index (χ3n) is 5.13. The van der Waals surface area contributed by atoms with Crippen molar-refractivity contribution in [1.29, 1.82) is 0 Å². The monoisotopic (exact) mass is 370 g/mol.